The summed E-state index contributed by atoms with van der Waals surface area (Å²) in [5, 5.41) is 0.504. The quantitative estimate of drug-likeness (QED) is 0.795. The Kier molecular flexibility index (Phi) is 2.33. The molecule has 2 aromatic rings. The zero-order valence-electron chi connectivity index (χ0n) is 8.77. The molecular formula is C11H10F3NO. The number of aromatic nitrogens is 1. The van der Waals surface area contributed by atoms with Crippen LogP contribution in [-0.4, -0.2) is 12.1 Å². The maximum atomic E-state index is 12.5. The molecule has 0 unspecified atom stereocenters. The molecule has 0 aliphatic rings. The molecule has 16 heavy (non-hydrogen) atoms. The molecule has 1 aromatic carbocycles. The molecule has 0 bridgehead atoms. The molecule has 5 heteroatoms. The minimum atomic E-state index is -4.35. The Hall–Kier alpha value is -1.65. The van der Waals surface area contributed by atoms with E-state index in [2.05, 4.69) is 4.98 Å². The number of rotatable bonds is 1. The average Bonchev–Trinajstić information content (AvgIpc) is 2.61. The smallest absolute Gasteiger partial charge is 0.431 e. The van der Waals surface area contributed by atoms with Crippen LogP contribution in [0.25, 0.3) is 10.9 Å². The number of aryl methyl sites for hydroxylation is 1. The van der Waals surface area contributed by atoms with Crippen molar-refractivity contribution in [2.24, 2.45) is 0 Å². The van der Waals surface area contributed by atoms with Crippen LogP contribution in [0.2, 0.25) is 0 Å². The molecule has 0 amide bonds. The third-order valence-electron chi connectivity index (χ3n) is 2.44. The van der Waals surface area contributed by atoms with E-state index in [1.54, 1.807) is 19.1 Å². The molecule has 1 aromatic heterocycles. The van der Waals surface area contributed by atoms with Crippen molar-refractivity contribution in [3.63, 3.8) is 0 Å². The van der Waals surface area contributed by atoms with E-state index in [1.165, 1.54) is 7.11 Å². The topological polar surface area (TPSA) is 25.0 Å². The largest absolute Gasteiger partial charge is 0.497 e. The lowest BCUT2D eigenvalue weighted by Crippen LogP contribution is -2.04. The van der Waals surface area contributed by atoms with Crippen LogP contribution in [0.5, 0.6) is 5.75 Å². The van der Waals surface area contributed by atoms with Crippen LogP contribution in [0.4, 0.5) is 13.2 Å². The molecule has 1 N–H and O–H groups in total. The first-order valence-corrected chi connectivity index (χ1v) is 4.66. The van der Waals surface area contributed by atoms with Gasteiger partial charge in [0.25, 0.3) is 0 Å². The van der Waals surface area contributed by atoms with Crippen LogP contribution in [0, 0.1) is 6.92 Å². The molecular weight excluding hydrogens is 219 g/mol. The Bertz CT molecular complexity index is 528. The van der Waals surface area contributed by atoms with E-state index in [-0.39, 0.29) is 0 Å². The summed E-state index contributed by atoms with van der Waals surface area (Å²) in [5.41, 5.74) is 0.483. The molecule has 0 saturated carbocycles. The van der Waals surface area contributed by atoms with E-state index in [1.807, 2.05) is 0 Å². The number of methoxy groups -OCH3 is 1. The van der Waals surface area contributed by atoms with Crippen molar-refractivity contribution < 1.29 is 17.9 Å². The number of alkyl halides is 3. The van der Waals surface area contributed by atoms with Crippen molar-refractivity contribution in [2.45, 2.75) is 13.1 Å². The van der Waals surface area contributed by atoms with Crippen LogP contribution in [-0.2, 0) is 6.18 Å². The molecule has 0 spiro atoms. The highest BCUT2D eigenvalue weighted by molar-refractivity contribution is 5.85. The van der Waals surface area contributed by atoms with Gasteiger partial charge in [0.1, 0.15) is 11.4 Å². The lowest BCUT2D eigenvalue weighted by molar-refractivity contribution is -0.140. The van der Waals surface area contributed by atoms with Gasteiger partial charge < -0.3 is 9.72 Å². The first kappa shape index (κ1) is 10.9. The van der Waals surface area contributed by atoms with Crippen molar-refractivity contribution >= 4 is 10.9 Å². The highest BCUT2D eigenvalue weighted by Crippen LogP contribution is 2.33. The fourth-order valence-electron chi connectivity index (χ4n) is 1.66. The summed E-state index contributed by atoms with van der Waals surface area (Å²) >= 11 is 0. The normalized spacial score (nSPS) is 12.1. The molecule has 0 saturated heterocycles. The van der Waals surface area contributed by atoms with Crippen molar-refractivity contribution in [1.29, 1.82) is 0 Å². The number of fused-ring (bicyclic) bond motifs is 1. The molecule has 0 aliphatic carbocycles. The van der Waals surface area contributed by atoms with Gasteiger partial charge in [0.2, 0.25) is 0 Å². The summed E-state index contributed by atoms with van der Waals surface area (Å²) in [5.74, 6) is 0.553. The first-order chi connectivity index (χ1) is 7.41. The summed E-state index contributed by atoms with van der Waals surface area (Å²) in [7, 11) is 1.48. The summed E-state index contributed by atoms with van der Waals surface area (Å²) < 4.78 is 42.4. The Morgan fingerprint density at radius 3 is 2.44 bits per heavy atom. The van der Waals surface area contributed by atoms with Gasteiger partial charge in [-0.25, -0.2) is 0 Å². The van der Waals surface area contributed by atoms with Crippen LogP contribution < -0.4 is 4.74 Å². The van der Waals surface area contributed by atoms with Crippen molar-refractivity contribution in [3.05, 3.63) is 29.5 Å². The highest BCUT2D eigenvalue weighted by Gasteiger charge is 2.32. The molecule has 0 fully saturated rings. The molecule has 0 aliphatic heterocycles. The standard InChI is InChI=1S/C11H10F3NO/c1-6-3-8(16-2)4-7-5-9(11(12,13)14)15-10(6)7/h3-5,15H,1-2H3. The van der Waals surface area contributed by atoms with Gasteiger partial charge in [-0.05, 0) is 30.7 Å². The number of aromatic amines is 1. The van der Waals surface area contributed by atoms with Gasteiger partial charge in [-0.3, -0.25) is 0 Å². The zero-order chi connectivity index (χ0) is 11.9. The Labute approximate surface area is 90.0 Å². The van der Waals surface area contributed by atoms with Gasteiger partial charge >= 0.3 is 6.18 Å². The Balaban J connectivity index is 2.66. The van der Waals surface area contributed by atoms with Crippen LogP contribution in [0.3, 0.4) is 0 Å². The van der Waals surface area contributed by atoms with Gasteiger partial charge in [0, 0.05) is 10.9 Å². The van der Waals surface area contributed by atoms with Crippen molar-refractivity contribution in [2.75, 3.05) is 7.11 Å². The third kappa shape index (κ3) is 1.73. The van der Waals surface area contributed by atoms with E-state index in [0.29, 0.717) is 16.7 Å². The lowest BCUT2D eigenvalue weighted by atomic mass is 10.1. The van der Waals surface area contributed by atoms with E-state index < -0.39 is 11.9 Å². The van der Waals surface area contributed by atoms with E-state index in [9.17, 15) is 13.2 Å². The number of H-pyrrole nitrogens is 1. The summed E-state index contributed by atoms with van der Waals surface area (Å²) in [4.78, 5) is 2.37. The fraction of sp³-hybridized carbons (Fsp3) is 0.273. The Morgan fingerprint density at radius 1 is 1.19 bits per heavy atom. The number of nitrogens with one attached hydrogen (secondary N) is 1. The number of hydrogen-bond donors (Lipinski definition) is 1. The first-order valence-electron chi connectivity index (χ1n) is 4.66. The molecule has 0 radical (unpaired) electrons. The maximum absolute atomic E-state index is 12.5. The monoisotopic (exact) mass is 229 g/mol. The van der Waals surface area contributed by atoms with Crippen molar-refractivity contribution in [1.82, 2.24) is 4.98 Å². The van der Waals surface area contributed by atoms with Crippen LogP contribution in [0.15, 0.2) is 18.2 Å². The van der Waals surface area contributed by atoms with E-state index >= 15 is 0 Å². The SMILES string of the molecule is COc1cc(C)c2[nH]c(C(F)(F)F)cc2c1. The summed E-state index contributed by atoms with van der Waals surface area (Å²) in [6.45, 7) is 1.74. The lowest BCUT2D eigenvalue weighted by Gasteiger charge is -2.02. The number of hydrogen-bond acceptors (Lipinski definition) is 1. The maximum Gasteiger partial charge on any atom is 0.431 e. The van der Waals surface area contributed by atoms with Crippen LogP contribution >= 0.6 is 0 Å². The van der Waals surface area contributed by atoms with Gasteiger partial charge in [0.15, 0.2) is 0 Å². The fourth-order valence-corrected chi connectivity index (χ4v) is 1.66. The van der Waals surface area contributed by atoms with E-state index in [4.69, 9.17) is 4.74 Å². The predicted molar refractivity (Wildman–Crippen MR) is 54.6 cm³/mol. The molecule has 2 rings (SSSR count). The highest BCUT2D eigenvalue weighted by atomic mass is 19.4. The molecule has 0 atom stereocenters. The van der Waals surface area contributed by atoms with Crippen molar-refractivity contribution in [3.8, 4) is 5.75 Å². The minimum Gasteiger partial charge on any atom is -0.497 e. The predicted octanol–water partition coefficient (Wildman–Crippen LogP) is 3.50. The van der Waals surface area contributed by atoms with Gasteiger partial charge in [-0.2, -0.15) is 13.2 Å². The van der Waals surface area contributed by atoms with Gasteiger partial charge in [-0.15, -0.1) is 0 Å². The second-order valence-corrected chi connectivity index (χ2v) is 3.59. The summed E-state index contributed by atoms with van der Waals surface area (Å²) in [6.07, 6.45) is -4.35. The number of ether oxygens (including phenoxy) is 1. The number of halogens is 3. The molecule has 86 valence electrons. The zero-order valence-corrected chi connectivity index (χ0v) is 8.77. The van der Waals surface area contributed by atoms with Gasteiger partial charge in [0.05, 0.1) is 7.11 Å². The second kappa shape index (κ2) is 3.43. The van der Waals surface area contributed by atoms with E-state index in [0.717, 1.165) is 11.6 Å². The Morgan fingerprint density at radius 2 is 1.88 bits per heavy atom. The van der Waals surface area contributed by atoms with Crippen LogP contribution in [0.1, 0.15) is 11.3 Å². The third-order valence-corrected chi connectivity index (χ3v) is 2.44. The second-order valence-electron chi connectivity index (χ2n) is 3.59. The number of benzene rings is 1. The average molecular weight is 229 g/mol. The molecule has 1 heterocycles. The molecule has 2 nitrogen and oxygen atoms in total. The van der Waals surface area contributed by atoms with Gasteiger partial charge in [-0.1, -0.05) is 0 Å². The summed E-state index contributed by atoms with van der Waals surface area (Å²) in [6, 6.07) is 4.36. The minimum absolute atomic E-state index is 0.494.